The van der Waals surface area contributed by atoms with Crippen molar-refractivity contribution in [2.75, 3.05) is 17.7 Å². The molecule has 0 bridgehead atoms. The van der Waals surface area contributed by atoms with Gasteiger partial charge in [0.05, 0.1) is 6.07 Å². The SMILES string of the molecule is CNc1nc(NC2(C#N)CCCCCC2)nc(-n2ccnc2)n1. The molecule has 0 aliphatic heterocycles. The third kappa shape index (κ3) is 3.39. The Morgan fingerprint density at radius 2 is 1.87 bits per heavy atom. The van der Waals surface area contributed by atoms with Crippen LogP contribution in [0, 0.1) is 11.3 Å². The summed E-state index contributed by atoms with van der Waals surface area (Å²) < 4.78 is 1.71. The van der Waals surface area contributed by atoms with Crippen LogP contribution in [0.25, 0.3) is 5.95 Å². The Balaban J connectivity index is 1.92. The van der Waals surface area contributed by atoms with Gasteiger partial charge in [0, 0.05) is 19.4 Å². The van der Waals surface area contributed by atoms with Crippen LogP contribution >= 0.6 is 0 Å². The van der Waals surface area contributed by atoms with Crippen LogP contribution in [-0.4, -0.2) is 37.1 Å². The minimum absolute atomic E-state index is 0.413. The number of anilines is 2. The lowest BCUT2D eigenvalue weighted by molar-refractivity contribution is 0.506. The number of hydrogen-bond acceptors (Lipinski definition) is 7. The van der Waals surface area contributed by atoms with Crippen molar-refractivity contribution in [3.05, 3.63) is 18.7 Å². The molecule has 0 atom stereocenters. The van der Waals surface area contributed by atoms with E-state index in [4.69, 9.17) is 0 Å². The minimum Gasteiger partial charge on any atom is -0.357 e. The molecule has 2 aromatic rings. The van der Waals surface area contributed by atoms with Crippen LogP contribution in [0.15, 0.2) is 18.7 Å². The van der Waals surface area contributed by atoms with Crippen LogP contribution in [0.2, 0.25) is 0 Å². The molecule has 2 aromatic heterocycles. The number of rotatable bonds is 4. The van der Waals surface area contributed by atoms with Gasteiger partial charge >= 0.3 is 0 Å². The van der Waals surface area contributed by atoms with Gasteiger partial charge in [0.15, 0.2) is 0 Å². The molecule has 1 fully saturated rings. The molecule has 1 aliphatic carbocycles. The van der Waals surface area contributed by atoms with Crippen molar-refractivity contribution in [3.63, 3.8) is 0 Å². The molecule has 1 aliphatic rings. The van der Waals surface area contributed by atoms with Gasteiger partial charge in [-0.3, -0.25) is 4.57 Å². The van der Waals surface area contributed by atoms with Crippen molar-refractivity contribution in [1.82, 2.24) is 24.5 Å². The van der Waals surface area contributed by atoms with Crippen molar-refractivity contribution in [2.45, 2.75) is 44.1 Å². The molecule has 8 nitrogen and oxygen atoms in total. The van der Waals surface area contributed by atoms with E-state index in [1.165, 1.54) is 12.8 Å². The van der Waals surface area contributed by atoms with Crippen LogP contribution in [0.5, 0.6) is 0 Å². The maximum absolute atomic E-state index is 9.69. The van der Waals surface area contributed by atoms with E-state index in [0.29, 0.717) is 17.8 Å². The summed E-state index contributed by atoms with van der Waals surface area (Å²) in [6.45, 7) is 0. The molecule has 3 rings (SSSR count). The predicted octanol–water partition coefficient (Wildman–Crippen LogP) is 2.13. The molecule has 23 heavy (non-hydrogen) atoms. The Hall–Kier alpha value is -2.69. The first-order valence-corrected chi connectivity index (χ1v) is 7.86. The average molecular weight is 312 g/mol. The second-order valence-corrected chi connectivity index (χ2v) is 5.74. The lowest BCUT2D eigenvalue weighted by Crippen LogP contribution is -2.37. The van der Waals surface area contributed by atoms with Crippen LogP contribution < -0.4 is 10.6 Å². The van der Waals surface area contributed by atoms with E-state index in [1.807, 2.05) is 0 Å². The first kappa shape index (κ1) is 15.2. The fourth-order valence-corrected chi connectivity index (χ4v) is 2.84. The largest absolute Gasteiger partial charge is 0.357 e. The average Bonchev–Trinajstić information content (AvgIpc) is 3.02. The Morgan fingerprint density at radius 1 is 1.13 bits per heavy atom. The summed E-state index contributed by atoms with van der Waals surface area (Å²) >= 11 is 0. The minimum atomic E-state index is -0.602. The van der Waals surface area contributed by atoms with Crippen molar-refractivity contribution < 1.29 is 0 Å². The number of nitrogens with zero attached hydrogens (tertiary/aromatic N) is 6. The molecule has 0 amide bonds. The van der Waals surface area contributed by atoms with Gasteiger partial charge in [-0.1, -0.05) is 25.7 Å². The second kappa shape index (κ2) is 6.60. The lowest BCUT2D eigenvalue weighted by atomic mass is 9.92. The van der Waals surface area contributed by atoms with E-state index in [9.17, 15) is 5.26 Å². The fraction of sp³-hybridized carbons (Fsp3) is 0.533. The third-order valence-corrected chi connectivity index (χ3v) is 4.10. The highest BCUT2D eigenvalue weighted by molar-refractivity contribution is 5.41. The first-order chi connectivity index (χ1) is 11.2. The Kier molecular flexibility index (Phi) is 4.37. The molecule has 2 N–H and O–H groups in total. The Bertz CT molecular complexity index is 680. The van der Waals surface area contributed by atoms with Crippen molar-refractivity contribution >= 4 is 11.9 Å². The molecule has 0 radical (unpaired) electrons. The molecule has 120 valence electrons. The highest BCUT2D eigenvalue weighted by atomic mass is 15.3. The van der Waals surface area contributed by atoms with Gasteiger partial charge in [0.2, 0.25) is 17.8 Å². The normalized spacial score (nSPS) is 17.0. The summed E-state index contributed by atoms with van der Waals surface area (Å²) in [4.78, 5) is 17.1. The van der Waals surface area contributed by atoms with Gasteiger partial charge < -0.3 is 10.6 Å². The predicted molar refractivity (Wildman–Crippen MR) is 86.2 cm³/mol. The maximum Gasteiger partial charge on any atom is 0.241 e. The van der Waals surface area contributed by atoms with Gasteiger partial charge in [0.1, 0.15) is 11.9 Å². The summed E-state index contributed by atoms with van der Waals surface area (Å²) in [6, 6.07) is 2.45. The van der Waals surface area contributed by atoms with Crippen LogP contribution in [0.1, 0.15) is 38.5 Å². The van der Waals surface area contributed by atoms with Crippen LogP contribution in [0.4, 0.5) is 11.9 Å². The number of aromatic nitrogens is 5. The fourth-order valence-electron chi connectivity index (χ4n) is 2.84. The molecular formula is C15H20N8. The number of nitrogens with one attached hydrogen (secondary N) is 2. The maximum atomic E-state index is 9.69. The summed E-state index contributed by atoms with van der Waals surface area (Å²) in [5, 5.41) is 15.9. The van der Waals surface area contributed by atoms with Crippen molar-refractivity contribution in [3.8, 4) is 12.0 Å². The highest BCUT2D eigenvalue weighted by Gasteiger charge is 2.32. The molecule has 0 saturated heterocycles. The summed E-state index contributed by atoms with van der Waals surface area (Å²) in [7, 11) is 1.75. The highest BCUT2D eigenvalue weighted by Crippen LogP contribution is 2.29. The monoisotopic (exact) mass is 312 g/mol. The molecule has 8 heteroatoms. The van der Waals surface area contributed by atoms with Gasteiger partial charge in [0.25, 0.3) is 0 Å². The summed E-state index contributed by atoms with van der Waals surface area (Å²) in [6.07, 6.45) is 11.1. The van der Waals surface area contributed by atoms with Gasteiger partial charge in [-0.2, -0.15) is 20.2 Å². The first-order valence-electron chi connectivity index (χ1n) is 7.86. The summed E-state index contributed by atoms with van der Waals surface area (Å²) in [5.74, 6) is 1.33. The topological polar surface area (TPSA) is 104 Å². The molecular weight excluding hydrogens is 292 g/mol. The van der Waals surface area contributed by atoms with Crippen molar-refractivity contribution in [2.24, 2.45) is 0 Å². The quantitative estimate of drug-likeness (QED) is 0.833. The molecule has 2 heterocycles. The molecule has 0 spiro atoms. The van der Waals surface area contributed by atoms with E-state index < -0.39 is 5.54 Å². The van der Waals surface area contributed by atoms with Gasteiger partial charge in [-0.25, -0.2) is 4.98 Å². The molecule has 1 saturated carbocycles. The van der Waals surface area contributed by atoms with E-state index in [0.717, 1.165) is 25.7 Å². The smallest absolute Gasteiger partial charge is 0.241 e. The lowest BCUT2D eigenvalue weighted by Gasteiger charge is -2.26. The molecule has 0 aromatic carbocycles. The zero-order chi connectivity index (χ0) is 16.1. The van der Waals surface area contributed by atoms with E-state index in [-0.39, 0.29) is 0 Å². The van der Waals surface area contributed by atoms with E-state index >= 15 is 0 Å². The number of nitriles is 1. The third-order valence-electron chi connectivity index (χ3n) is 4.10. The van der Waals surface area contributed by atoms with E-state index in [2.05, 4.69) is 36.6 Å². The van der Waals surface area contributed by atoms with Crippen LogP contribution in [-0.2, 0) is 0 Å². The standard InChI is InChI=1S/C15H20N8/c1-17-12-19-13(21-14(20-12)23-9-8-18-11-23)22-15(10-16)6-4-2-3-5-7-15/h8-9,11H,2-7H2,1H3,(H2,17,19,20,21,22). The van der Waals surface area contributed by atoms with Gasteiger partial charge in [-0.05, 0) is 12.8 Å². The summed E-state index contributed by atoms with van der Waals surface area (Å²) in [5.41, 5.74) is -0.602. The Morgan fingerprint density at radius 3 is 2.48 bits per heavy atom. The second-order valence-electron chi connectivity index (χ2n) is 5.74. The zero-order valence-electron chi connectivity index (χ0n) is 13.2. The zero-order valence-corrected chi connectivity index (χ0v) is 13.2. The number of hydrogen-bond donors (Lipinski definition) is 2. The van der Waals surface area contributed by atoms with Crippen molar-refractivity contribution in [1.29, 1.82) is 5.26 Å². The molecule has 0 unspecified atom stereocenters. The number of imidazole rings is 1. The van der Waals surface area contributed by atoms with Crippen LogP contribution in [0.3, 0.4) is 0 Å². The Labute approximate surface area is 135 Å². The van der Waals surface area contributed by atoms with E-state index in [1.54, 1.807) is 30.3 Å². The van der Waals surface area contributed by atoms with Gasteiger partial charge in [-0.15, -0.1) is 0 Å².